The quantitative estimate of drug-likeness (QED) is 0.173. The predicted octanol–water partition coefficient (Wildman–Crippen LogP) is 8.36. The molecule has 0 aliphatic rings. The van der Waals surface area contributed by atoms with Gasteiger partial charge in [0.1, 0.15) is 23.3 Å². The van der Waals surface area contributed by atoms with Crippen LogP contribution >= 0.6 is 0 Å². The number of hydrogen-bond acceptors (Lipinski definition) is 2. The number of aromatic nitrogens is 2. The van der Waals surface area contributed by atoms with Gasteiger partial charge in [0.25, 0.3) is 0 Å². The van der Waals surface area contributed by atoms with Crippen molar-refractivity contribution in [3.8, 4) is 22.5 Å². The number of halogens is 4. The van der Waals surface area contributed by atoms with Crippen LogP contribution in [0, 0.1) is 23.3 Å². The zero-order valence-electron chi connectivity index (χ0n) is 19.1. The Morgan fingerprint density at radius 2 is 0.838 bits per heavy atom. The van der Waals surface area contributed by atoms with Crippen LogP contribution in [0.4, 0.5) is 17.6 Å². The van der Waals surface area contributed by atoms with Crippen LogP contribution in [-0.4, -0.2) is 9.97 Å². The minimum atomic E-state index is -0.599. The van der Waals surface area contributed by atoms with E-state index in [-0.39, 0.29) is 20.1 Å². The van der Waals surface area contributed by atoms with E-state index in [0.717, 1.165) is 33.9 Å². The normalized spacial score (nSPS) is 10.5. The van der Waals surface area contributed by atoms with Gasteiger partial charge in [-0.05, 0) is 48.5 Å². The number of nitrogens with zero attached hydrogens (tertiary/aromatic N) is 2. The average molecular weight is 675 g/mol. The average Bonchev–Trinajstić information content (AvgIpc) is 2.88. The molecule has 37 heavy (non-hydrogen) atoms. The third-order valence-electron chi connectivity index (χ3n) is 5.61. The second-order valence-corrected chi connectivity index (χ2v) is 8.03. The van der Waals surface area contributed by atoms with E-state index in [1.54, 1.807) is 12.1 Å². The van der Waals surface area contributed by atoms with Crippen molar-refractivity contribution in [3.63, 3.8) is 0 Å². The van der Waals surface area contributed by atoms with E-state index in [2.05, 4.69) is 9.97 Å². The first-order valence-corrected chi connectivity index (χ1v) is 11.1. The minimum absolute atomic E-state index is 0. The van der Waals surface area contributed by atoms with Gasteiger partial charge < -0.3 is 0 Å². The molecular weight excluding hydrogens is 657 g/mol. The van der Waals surface area contributed by atoms with Crippen molar-refractivity contribution in [1.29, 1.82) is 0 Å². The fraction of sp³-hybridized carbons (Fsp3) is 0. The summed E-state index contributed by atoms with van der Waals surface area (Å²) in [5, 5.41) is 1.98. The molecule has 6 aromatic rings. The summed E-state index contributed by atoms with van der Waals surface area (Å²) >= 11 is 0. The molecule has 0 saturated carbocycles. The minimum Gasteiger partial charge on any atom is -0.248 e. The fourth-order valence-corrected chi connectivity index (χ4v) is 3.83. The summed E-state index contributed by atoms with van der Waals surface area (Å²) in [6, 6.07) is 29.4. The number of benzene rings is 4. The van der Waals surface area contributed by atoms with Gasteiger partial charge in [-0.2, -0.15) is 0 Å². The Morgan fingerprint density at radius 1 is 0.432 bits per heavy atom. The van der Waals surface area contributed by atoms with Crippen molar-refractivity contribution in [1.82, 2.24) is 9.97 Å². The van der Waals surface area contributed by atoms with Gasteiger partial charge in [-0.1, -0.05) is 48.5 Å². The van der Waals surface area contributed by atoms with Gasteiger partial charge in [0.2, 0.25) is 0 Å². The van der Waals surface area contributed by atoms with Gasteiger partial charge in [-0.25, -0.2) is 27.5 Å². The van der Waals surface area contributed by atoms with Crippen LogP contribution in [0.25, 0.3) is 44.3 Å². The van der Waals surface area contributed by atoms with Crippen LogP contribution in [0.2, 0.25) is 0 Å². The van der Waals surface area contributed by atoms with Gasteiger partial charge >= 0.3 is 20.1 Å². The van der Waals surface area contributed by atoms with E-state index in [1.165, 1.54) is 24.3 Å². The van der Waals surface area contributed by atoms with E-state index in [0.29, 0.717) is 22.5 Å². The molecule has 6 rings (SSSR count). The van der Waals surface area contributed by atoms with Crippen LogP contribution in [0.15, 0.2) is 109 Å². The standard InChI is InChI=1S/2C15H9F2N.Ir/c2*16-11-6-7-12(13(17)9-11)15-8-5-10-3-1-2-4-14(10)18-15;/h2*1-9H;/q;;+3. The number of pyridine rings is 2. The largest absolute Gasteiger partial charge is 3.00 e. The first kappa shape index (κ1) is 26.1. The third-order valence-corrected chi connectivity index (χ3v) is 5.61. The summed E-state index contributed by atoms with van der Waals surface area (Å²) in [4.78, 5) is 8.75. The maximum atomic E-state index is 13.7. The first-order chi connectivity index (χ1) is 17.5. The molecule has 0 amide bonds. The molecule has 2 nitrogen and oxygen atoms in total. The smallest absolute Gasteiger partial charge is 0.248 e. The summed E-state index contributed by atoms with van der Waals surface area (Å²) in [7, 11) is 0. The molecule has 4 aromatic carbocycles. The van der Waals surface area contributed by atoms with Crippen molar-refractivity contribution >= 4 is 21.8 Å². The second kappa shape index (κ2) is 11.4. The summed E-state index contributed by atoms with van der Waals surface area (Å²) < 4.78 is 53.0. The van der Waals surface area contributed by atoms with E-state index in [4.69, 9.17) is 0 Å². The topological polar surface area (TPSA) is 25.8 Å². The van der Waals surface area contributed by atoms with Gasteiger partial charge in [0.15, 0.2) is 0 Å². The molecule has 0 unspecified atom stereocenters. The second-order valence-electron chi connectivity index (χ2n) is 8.03. The van der Waals surface area contributed by atoms with Gasteiger partial charge in [-0.15, -0.1) is 0 Å². The van der Waals surface area contributed by atoms with Crippen molar-refractivity contribution < 1.29 is 37.7 Å². The van der Waals surface area contributed by atoms with Crippen LogP contribution < -0.4 is 0 Å². The van der Waals surface area contributed by atoms with E-state index in [1.807, 2.05) is 60.7 Å². The molecule has 0 fully saturated rings. The summed E-state index contributed by atoms with van der Waals surface area (Å²) in [6.07, 6.45) is 0. The van der Waals surface area contributed by atoms with E-state index in [9.17, 15) is 17.6 Å². The molecule has 0 N–H and O–H groups in total. The monoisotopic (exact) mass is 675 g/mol. The summed E-state index contributed by atoms with van der Waals surface area (Å²) in [6.45, 7) is 0. The Bertz CT molecular complexity index is 1580. The Kier molecular flexibility index (Phi) is 8.07. The SMILES string of the molecule is Fc1ccc(-c2ccc3ccccc3n2)c(F)c1.Fc1ccc(-c2ccc3ccccc3n2)c(F)c1.[Ir+3]. The number of para-hydroxylation sites is 2. The van der Waals surface area contributed by atoms with Crippen molar-refractivity contribution in [3.05, 3.63) is 132 Å². The Balaban J connectivity index is 0.000000168. The number of hydrogen-bond donors (Lipinski definition) is 0. The Labute approximate surface area is 224 Å². The van der Waals surface area contributed by atoms with Crippen LogP contribution in [0.3, 0.4) is 0 Å². The van der Waals surface area contributed by atoms with Crippen LogP contribution in [0.1, 0.15) is 0 Å². The maximum absolute atomic E-state index is 13.7. The summed E-state index contributed by atoms with van der Waals surface area (Å²) in [5.74, 6) is -2.37. The van der Waals surface area contributed by atoms with Gasteiger partial charge in [0.05, 0.1) is 22.4 Å². The molecule has 7 heteroatoms. The molecule has 182 valence electrons. The zero-order chi connectivity index (χ0) is 25.1. The molecule has 0 atom stereocenters. The molecule has 2 heterocycles. The Hall–Kier alpha value is -3.93. The predicted molar refractivity (Wildman–Crippen MR) is 134 cm³/mol. The molecule has 0 bridgehead atoms. The van der Waals surface area contributed by atoms with E-state index >= 15 is 0 Å². The molecule has 0 aliphatic heterocycles. The molecular formula is C30H18F4IrN2+3. The van der Waals surface area contributed by atoms with Crippen molar-refractivity contribution in [2.24, 2.45) is 0 Å². The maximum Gasteiger partial charge on any atom is 3.00 e. The van der Waals surface area contributed by atoms with Crippen LogP contribution in [0.5, 0.6) is 0 Å². The fourth-order valence-electron chi connectivity index (χ4n) is 3.83. The molecule has 0 radical (unpaired) electrons. The Morgan fingerprint density at radius 3 is 1.24 bits per heavy atom. The zero-order valence-corrected chi connectivity index (χ0v) is 21.5. The molecule has 2 aromatic heterocycles. The molecule has 0 aliphatic carbocycles. The molecule has 0 saturated heterocycles. The summed E-state index contributed by atoms with van der Waals surface area (Å²) in [5.41, 5.74) is 3.21. The molecule has 0 spiro atoms. The van der Waals surface area contributed by atoms with Crippen LogP contribution in [-0.2, 0) is 20.1 Å². The van der Waals surface area contributed by atoms with Gasteiger partial charge in [-0.3, -0.25) is 0 Å². The van der Waals surface area contributed by atoms with Gasteiger partial charge in [0, 0.05) is 34.0 Å². The first-order valence-electron chi connectivity index (χ1n) is 11.1. The van der Waals surface area contributed by atoms with E-state index < -0.39 is 23.3 Å². The number of fused-ring (bicyclic) bond motifs is 2. The third kappa shape index (κ3) is 5.91. The van der Waals surface area contributed by atoms with Crippen molar-refractivity contribution in [2.45, 2.75) is 0 Å². The van der Waals surface area contributed by atoms with Crippen molar-refractivity contribution in [2.75, 3.05) is 0 Å². The number of rotatable bonds is 2.